The molecule has 1 aliphatic rings. The molecule has 1 N–H and O–H groups in total. The Labute approximate surface area is 173 Å². The van der Waals surface area contributed by atoms with Crippen molar-refractivity contribution in [1.29, 1.82) is 0 Å². The zero-order valence-electron chi connectivity index (χ0n) is 14.7. The summed E-state index contributed by atoms with van der Waals surface area (Å²) in [6.07, 6.45) is 1.49. The van der Waals surface area contributed by atoms with Gasteiger partial charge in [0, 0.05) is 39.6 Å². The Balaban J connectivity index is 1.47. The van der Waals surface area contributed by atoms with E-state index in [1.807, 2.05) is 6.07 Å². The maximum Gasteiger partial charge on any atom is 0.223 e. The number of piperidine rings is 1. The third-order valence-corrected chi connectivity index (χ3v) is 5.66. The van der Waals surface area contributed by atoms with E-state index < -0.39 is 0 Å². The molecule has 0 bridgehead atoms. The lowest BCUT2D eigenvalue weighted by molar-refractivity contribution is -0.126. The van der Waals surface area contributed by atoms with Crippen molar-refractivity contribution in [3.63, 3.8) is 0 Å². The summed E-state index contributed by atoms with van der Waals surface area (Å²) in [5, 5.41) is 4.46. The summed E-state index contributed by atoms with van der Waals surface area (Å²) >= 11 is 17.8. The minimum absolute atomic E-state index is 0.0262. The van der Waals surface area contributed by atoms with Gasteiger partial charge in [0.15, 0.2) is 0 Å². The number of benzene rings is 2. The van der Waals surface area contributed by atoms with Gasteiger partial charge < -0.3 is 5.32 Å². The van der Waals surface area contributed by atoms with Crippen LogP contribution in [0, 0.1) is 11.7 Å². The molecule has 0 atom stereocenters. The molecule has 2 aromatic carbocycles. The van der Waals surface area contributed by atoms with Gasteiger partial charge in [-0.3, -0.25) is 9.69 Å². The highest BCUT2D eigenvalue weighted by molar-refractivity contribution is 6.35. The average molecular weight is 430 g/mol. The first-order valence-electron chi connectivity index (χ1n) is 8.80. The highest BCUT2D eigenvalue weighted by Gasteiger charge is 2.25. The Morgan fingerprint density at radius 2 is 1.67 bits per heavy atom. The van der Waals surface area contributed by atoms with Gasteiger partial charge in [0.25, 0.3) is 0 Å². The summed E-state index contributed by atoms with van der Waals surface area (Å²) in [6, 6.07) is 9.98. The number of likely N-dealkylation sites (tertiary alicyclic amines) is 1. The number of carbonyl (C=O) groups excluding carboxylic acids is 1. The second kappa shape index (κ2) is 9.24. The zero-order chi connectivity index (χ0) is 19.4. The van der Waals surface area contributed by atoms with E-state index in [1.165, 1.54) is 6.07 Å². The third-order valence-electron chi connectivity index (χ3n) is 4.84. The number of halogens is 4. The molecule has 1 aliphatic heterocycles. The average Bonchev–Trinajstić information content (AvgIpc) is 2.64. The van der Waals surface area contributed by atoms with E-state index in [1.54, 1.807) is 24.3 Å². The molecule has 0 aromatic heterocycles. The van der Waals surface area contributed by atoms with Gasteiger partial charge in [0.05, 0.1) is 0 Å². The van der Waals surface area contributed by atoms with E-state index in [0.29, 0.717) is 33.7 Å². The number of hydrogen-bond donors (Lipinski definition) is 1. The molecule has 1 heterocycles. The van der Waals surface area contributed by atoms with Crippen molar-refractivity contribution in [1.82, 2.24) is 10.2 Å². The monoisotopic (exact) mass is 428 g/mol. The Bertz CT molecular complexity index is 823. The van der Waals surface area contributed by atoms with Crippen LogP contribution in [0.25, 0.3) is 0 Å². The van der Waals surface area contributed by atoms with Gasteiger partial charge in [-0.1, -0.05) is 46.9 Å². The van der Waals surface area contributed by atoms with E-state index in [2.05, 4.69) is 10.2 Å². The van der Waals surface area contributed by atoms with Crippen molar-refractivity contribution < 1.29 is 9.18 Å². The van der Waals surface area contributed by atoms with Crippen LogP contribution < -0.4 is 5.32 Å². The lowest BCUT2D eigenvalue weighted by atomic mass is 9.95. The van der Waals surface area contributed by atoms with E-state index in [-0.39, 0.29) is 17.6 Å². The van der Waals surface area contributed by atoms with Crippen LogP contribution in [-0.4, -0.2) is 23.9 Å². The van der Waals surface area contributed by atoms with Crippen molar-refractivity contribution in [3.05, 3.63) is 68.4 Å². The van der Waals surface area contributed by atoms with E-state index >= 15 is 0 Å². The predicted octanol–water partition coefficient (Wildman–Crippen LogP) is 5.31. The molecule has 0 radical (unpaired) electrons. The van der Waals surface area contributed by atoms with Crippen molar-refractivity contribution in [2.45, 2.75) is 25.9 Å². The van der Waals surface area contributed by atoms with Crippen LogP contribution in [0.3, 0.4) is 0 Å². The quantitative estimate of drug-likeness (QED) is 0.698. The Kier molecular flexibility index (Phi) is 6.99. The number of carbonyl (C=O) groups is 1. The summed E-state index contributed by atoms with van der Waals surface area (Å²) in [6.45, 7) is 2.41. The van der Waals surface area contributed by atoms with Gasteiger partial charge in [0.1, 0.15) is 5.82 Å². The van der Waals surface area contributed by atoms with Gasteiger partial charge in [-0.15, -0.1) is 0 Å². The molecule has 1 amide bonds. The van der Waals surface area contributed by atoms with Crippen LogP contribution in [0.15, 0.2) is 36.4 Å². The molecule has 1 fully saturated rings. The highest BCUT2D eigenvalue weighted by Crippen LogP contribution is 2.23. The van der Waals surface area contributed by atoms with Gasteiger partial charge >= 0.3 is 0 Å². The maximum absolute atomic E-state index is 13.9. The van der Waals surface area contributed by atoms with Gasteiger partial charge in [0.2, 0.25) is 5.91 Å². The molecule has 0 unspecified atom stereocenters. The first-order valence-corrected chi connectivity index (χ1v) is 9.93. The van der Waals surface area contributed by atoms with Crippen LogP contribution in [-0.2, 0) is 17.9 Å². The van der Waals surface area contributed by atoms with Crippen molar-refractivity contribution >= 4 is 40.7 Å². The normalized spacial score (nSPS) is 15.7. The van der Waals surface area contributed by atoms with E-state index in [9.17, 15) is 9.18 Å². The molecular formula is C20H20Cl3FN2O. The lowest BCUT2D eigenvalue weighted by Crippen LogP contribution is -2.40. The summed E-state index contributed by atoms with van der Waals surface area (Å²) in [5.74, 6) is -0.303. The first kappa shape index (κ1) is 20.4. The second-order valence-corrected chi connectivity index (χ2v) is 8.02. The van der Waals surface area contributed by atoms with Crippen LogP contribution in [0.1, 0.15) is 24.0 Å². The molecular weight excluding hydrogens is 410 g/mol. The van der Waals surface area contributed by atoms with E-state index in [0.717, 1.165) is 31.5 Å². The first-order chi connectivity index (χ1) is 12.9. The van der Waals surface area contributed by atoms with Crippen LogP contribution in [0.5, 0.6) is 0 Å². The smallest absolute Gasteiger partial charge is 0.223 e. The fourth-order valence-corrected chi connectivity index (χ4v) is 3.87. The fraction of sp³-hybridized carbons (Fsp3) is 0.350. The third kappa shape index (κ3) is 5.58. The molecule has 0 aliphatic carbocycles. The Hall–Kier alpha value is -1.33. The number of hydrogen-bond acceptors (Lipinski definition) is 2. The second-order valence-electron chi connectivity index (χ2n) is 6.74. The molecule has 3 nitrogen and oxygen atoms in total. The highest BCUT2D eigenvalue weighted by atomic mass is 35.5. The molecule has 0 spiro atoms. The van der Waals surface area contributed by atoms with Gasteiger partial charge in [-0.25, -0.2) is 4.39 Å². The molecule has 27 heavy (non-hydrogen) atoms. The Morgan fingerprint density at radius 1 is 1.04 bits per heavy atom. The minimum Gasteiger partial charge on any atom is -0.352 e. The lowest BCUT2D eigenvalue weighted by Gasteiger charge is -2.31. The SMILES string of the molecule is O=C(NCc1ccc(Cl)cc1Cl)C1CCN(Cc2ccc(Cl)cc2F)CC1. The summed E-state index contributed by atoms with van der Waals surface area (Å²) in [4.78, 5) is 14.6. The fourth-order valence-electron chi connectivity index (χ4n) is 3.24. The molecule has 144 valence electrons. The predicted molar refractivity (Wildman–Crippen MR) is 108 cm³/mol. The summed E-state index contributed by atoms with van der Waals surface area (Å²) in [7, 11) is 0. The number of nitrogens with zero attached hydrogens (tertiary/aromatic N) is 1. The topological polar surface area (TPSA) is 32.3 Å². The van der Waals surface area contributed by atoms with Crippen molar-refractivity contribution in [3.8, 4) is 0 Å². The van der Waals surface area contributed by atoms with E-state index in [4.69, 9.17) is 34.8 Å². The molecule has 3 rings (SSSR count). The van der Waals surface area contributed by atoms with Crippen molar-refractivity contribution in [2.75, 3.05) is 13.1 Å². The summed E-state index contributed by atoms with van der Waals surface area (Å²) in [5.41, 5.74) is 1.46. The molecule has 2 aromatic rings. The number of rotatable bonds is 5. The maximum atomic E-state index is 13.9. The van der Waals surface area contributed by atoms with Gasteiger partial charge in [-0.05, 0) is 55.8 Å². The van der Waals surface area contributed by atoms with Crippen LogP contribution in [0.2, 0.25) is 15.1 Å². The van der Waals surface area contributed by atoms with Crippen LogP contribution >= 0.6 is 34.8 Å². The number of amides is 1. The molecule has 1 saturated heterocycles. The van der Waals surface area contributed by atoms with Crippen LogP contribution in [0.4, 0.5) is 4.39 Å². The number of nitrogens with one attached hydrogen (secondary N) is 1. The molecule has 0 saturated carbocycles. The van der Waals surface area contributed by atoms with Gasteiger partial charge in [-0.2, -0.15) is 0 Å². The zero-order valence-corrected chi connectivity index (χ0v) is 16.9. The largest absolute Gasteiger partial charge is 0.352 e. The summed E-state index contributed by atoms with van der Waals surface area (Å²) < 4.78 is 13.9. The minimum atomic E-state index is -0.290. The standard InChI is InChI=1S/C20H20Cl3FN2O/c21-16-3-1-14(18(23)9-16)11-25-20(27)13-5-7-26(8-6-13)12-15-2-4-17(22)10-19(15)24/h1-4,9-10,13H,5-8,11-12H2,(H,25,27). The Morgan fingerprint density at radius 3 is 2.30 bits per heavy atom. The molecule has 7 heteroatoms. The van der Waals surface area contributed by atoms with Crippen molar-refractivity contribution in [2.24, 2.45) is 5.92 Å².